The predicted octanol–water partition coefficient (Wildman–Crippen LogP) is 4.63. The molecule has 1 N–H and O–H groups in total. The van der Waals surface area contributed by atoms with Crippen molar-refractivity contribution in [2.24, 2.45) is 23.2 Å². The lowest BCUT2D eigenvalue weighted by Gasteiger charge is -2.40. The topological polar surface area (TPSA) is 21.3 Å². The molecule has 1 aliphatic carbocycles. The van der Waals surface area contributed by atoms with Crippen molar-refractivity contribution in [1.82, 2.24) is 5.32 Å². The second-order valence-electron chi connectivity index (χ2n) is 8.43. The average Bonchev–Trinajstić information content (AvgIpc) is 2.47. The van der Waals surface area contributed by atoms with Crippen molar-refractivity contribution < 1.29 is 4.74 Å². The van der Waals surface area contributed by atoms with Crippen molar-refractivity contribution in [3.8, 4) is 0 Å². The Morgan fingerprint density at radius 3 is 2.14 bits per heavy atom. The van der Waals surface area contributed by atoms with Gasteiger partial charge in [-0.05, 0) is 74.7 Å². The van der Waals surface area contributed by atoms with E-state index in [0.717, 1.165) is 43.6 Å². The smallest absolute Gasteiger partial charge is 0.0468 e. The molecule has 1 heterocycles. The summed E-state index contributed by atoms with van der Waals surface area (Å²) < 4.78 is 5.52. The van der Waals surface area contributed by atoms with Crippen molar-refractivity contribution in [2.45, 2.75) is 78.7 Å². The van der Waals surface area contributed by atoms with Gasteiger partial charge in [0.05, 0.1) is 0 Å². The molecule has 0 aromatic heterocycles. The largest absolute Gasteiger partial charge is 0.381 e. The van der Waals surface area contributed by atoms with Crippen molar-refractivity contribution in [3.05, 3.63) is 0 Å². The molecule has 2 heteroatoms. The summed E-state index contributed by atoms with van der Waals surface area (Å²) in [6.07, 6.45) is 9.67. The van der Waals surface area contributed by atoms with Crippen LogP contribution in [0, 0.1) is 23.2 Å². The van der Waals surface area contributed by atoms with Crippen LogP contribution < -0.4 is 5.32 Å². The first kappa shape index (κ1) is 17.3. The molecule has 0 aromatic carbocycles. The monoisotopic (exact) mass is 295 g/mol. The molecule has 2 aliphatic rings. The van der Waals surface area contributed by atoms with Gasteiger partial charge in [0.1, 0.15) is 0 Å². The lowest BCUT2D eigenvalue weighted by Crippen LogP contribution is -2.41. The number of nitrogens with one attached hydrogen (secondary N) is 1. The zero-order valence-corrected chi connectivity index (χ0v) is 14.8. The van der Waals surface area contributed by atoms with Crippen molar-refractivity contribution in [3.63, 3.8) is 0 Å². The molecule has 0 bridgehead atoms. The third-order valence-electron chi connectivity index (χ3n) is 5.96. The van der Waals surface area contributed by atoms with Gasteiger partial charge in [0, 0.05) is 19.3 Å². The molecule has 1 saturated carbocycles. The van der Waals surface area contributed by atoms with E-state index in [2.05, 4.69) is 33.0 Å². The van der Waals surface area contributed by atoms with E-state index in [1.807, 2.05) is 0 Å². The molecular weight excluding hydrogens is 258 g/mol. The van der Waals surface area contributed by atoms with Crippen molar-refractivity contribution in [1.29, 1.82) is 0 Å². The number of ether oxygens (including phenoxy) is 1. The van der Waals surface area contributed by atoms with Crippen LogP contribution in [0.4, 0.5) is 0 Å². The second-order valence-corrected chi connectivity index (χ2v) is 8.43. The van der Waals surface area contributed by atoms with Crippen molar-refractivity contribution in [2.75, 3.05) is 19.8 Å². The van der Waals surface area contributed by atoms with Crippen molar-refractivity contribution >= 4 is 0 Å². The Hall–Kier alpha value is -0.0800. The standard InChI is InChI=1S/C19H37NO/c1-5-20-18(14-15-10-12-21-13-11-15)16-6-8-17(9-7-16)19(2,3)4/h15-18,20H,5-14H2,1-4H3. The van der Waals surface area contributed by atoms with Crippen LogP contribution in [-0.4, -0.2) is 25.8 Å². The number of hydrogen-bond donors (Lipinski definition) is 1. The minimum atomic E-state index is 0.499. The first-order valence-corrected chi connectivity index (χ1v) is 9.31. The van der Waals surface area contributed by atoms with E-state index in [1.54, 1.807) is 0 Å². The molecule has 0 aromatic rings. The van der Waals surface area contributed by atoms with Gasteiger partial charge in [0.2, 0.25) is 0 Å². The molecule has 0 radical (unpaired) electrons. The van der Waals surface area contributed by atoms with Gasteiger partial charge in [0.25, 0.3) is 0 Å². The quantitative estimate of drug-likeness (QED) is 0.798. The van der Waals surface area contributed by atoms with Crippen LogP contribution in [0.15, 0.2) is 0 Å². The first-order valence-electron chi connectivity index (χ1n) is 9.31. The zero-order chi connectivity index (χ0) is 15.3. The van der Waals surface area contributed by atoms with E-state index in [0.29, 0.717) is 5.41 Å². The molecule has 2 nitrogen and oxygen atoms in total. The lowest BCUT2D eigenvalue weighted by molar-refractivity contribution is 0.0537. The van der Waals surface area contributed by atoms with E-state index in [-0.39, 0.29) is 0 Å². The van der Waals surface area contributed by atoms with E-state index < -0.39 is 0 Å². The van der Waals surface area contributed by atoms with E-state index in [9.17, 15) is 0 Å². The minimum Gasteiger partial charge on any atom is -0.381 e. The molecule has 1 atom stereocenters. The molecule has 1 unspecified atom stereocenters. The maximum absolute atomic E-state index is 5.52. The van der Waals surface area contributed by atoms with E-state index in [4.69, 9.17) is 4.74 Å². The summed E-state index contributed by atoms with van der Waals surface area (Å²) in [6, 6.07) is 0.749. The molecule has 1 aliphatic heterocycles. The molecule has 2 fully saturated rings. The number of hydrogen-bond acceptors (Lipinski definition) is 2. The van der Waals surface area contributed by atoms with Gasteiger partial charge in [-0.25, -0.2) is 0 Å². The first-order chi connectivity index (χ1) is 10.0. The van der Waals surface area contributed by atoms with Gasteiger partial charge in [-0.2, -0.15) is 0 Å². The van der Waals surface area contributed by atoms with Crippen LogP contribution in [-0.2, 0) is 4.74 Å². The molecule has 2 rings (SSSR count). The van der Waals surface area contributed by atoms with Gasteiger partial charge in [-0.3, -0.25) is 0 Å². The van der Waals surface area contributed by atoms with Gasteiger partial charge in [0.15, 0.2) is 0 Å². The van der Waals surface area contributed by atoms with Crippen LogP contribution in [0.25, 0.3) is 0 Å². The van der Waals surface area contributed by atoms with Crippen LogP contribution >= 0.6 is 0 Å². The fourth-order valence-electron chi connectivity index (χ4n) is 4.43. The third-order valence-corrected chi connectivity index (χ3v) is 5.96. The van der Waals surface area contributed by atoms with E-state index >= 15 is 0 Å². The molecule has 0 amide bonds. The Morgan fingerprint density at radius 2 is 1.62 bits per heavy atom. The van der Waals surface area contributed by atoms with Gasteiger partial charge >= 0.3 is 0 Å². The lowest BCUT2D eigenvalue weighted by atomic mass is 9.67. The Bertz CT molecular complexity index is 282. The highest BCUT2D eigenvalue weighted by atomic mass is 16.5. The second kappa shape index (κ2) is 7.97. The summed E-state index contributed by atoms with van der Waals surface area (Å²) in [7, 11) is 0. The summed E-state index contributed by atoms with van der Waals surface area (Å²) in [6.45, 7) is 12.6. The van der Waals surface area contributed by atoms with Crippen LogP contribution in [0.3, 0.4) is 0 Å². The summed E-state index contributed by atoms with van der Waals surface area (Å²) in [5, 5.41) is 3.81. The Labute approximate surface area is 132 Å². The Balaban J connectivity index is 1.84. The van der Waals surface area contributed by atoms with Gasteiger partial charge < -0.3 is 10.1 Å². The van der Waals surface area contributed by atoms with Gasteiger partial charge in [-0.15, -0.1) is 0 Å². The molecule has 0 spiro atoms. The van der Waals surface area contributed by atoms with Crippen LogP contribution in [0.5, 0.6) is 0 Å². The summed E-state index contributed by atoms with van der Waals surface area (Å²) >= 11 is 0. The molecule has 21 heavy (non-hydrogen) atoms. The average molecular weight is 296 g/mol. The highest BCUT2D eigenvalue weighted by Gasteiger charge is 2.33. The molecule has 1 saturated heterocycles. The Kier molecular flexibility index (Phi) is 6.55. The molecule has 124 valence electrons. The Morgan fingerprint density at radius 1 is 1.00 bits per heavy atom. The van der Waals surface area contributed by atoms with Gasteiger partial charge in [-0.1, -0.05) is 27.7 Å². The summed E-state index contributed by atoms with van der Waals surface area (Å²) in [5.74, 6) is 2.73. The highest BCUT2D eigenvalue weighted by molar-refractivity contribution is 4.87. The van der Waals surface area contributed by atoms with E-state index in [1.165, 1.54) is 44.9 Å². The SMILES string of the molecule is CCNC(CC1CCOCC1)C1CCC(C(C)(C)C)CC1. The zero-order valence-electron chi connectivity index (χ0n) is 14.8. The van der Waals surface area contributed by atoms with Crippen LogP contribution in [0.1, 0.15) is 72.6 Å². The maximum atomic E-state index is 5.52. The third kappa shape index (κ3) is 5.25. The number of rotatable bonds is 5. The fourth-order valence-corrected chi connectivity index (χ4v) is 4.43. The minimum absolute atomic E-state index is 0.499. The summed E-state index contributed by atoms with van der Waals surface area (Å²) in [5.41, 5.74) is 0.499. The maximum Gasteiger partial charge on any atom is 0.0468 e. The molecular formula is C19H37NO. The normalized spacial score (nSPS) is 30.3. The summed E-state index contributed by atoms with van der Waals surface area (Å²) in [4.78, 5) is 0. The fraction of sp³-hybridized carbons (Fsp3) is 1.00. The predicted molar refractivity (Wildman–Crippen MR) is 90.5 cm³/mol. The van der Waals surface area contributed by atoms with Crippen LogP contribution in [0.2, 0.25) is 0 Å². The highest BCUT2D eigenvalue weighted by Crippen LogP contribution is 2.41.